The molecule has 5 rings (SSSR count). The normalized spacial score (nSPS) is 16.5. The molecule has 0 bridgehead atoms. The van der Waals surface area contributed by atoms with Crippen molar-refractivity contribution < 1.29 is 4.79 Å². The van der Waals surface area contributed by atoms with Gasteiger partial charge in [-0.25, -0.2) is 15.0 Å². The zero-order chi connectivity index (χ0) is 19.8. The number of aromatic nitrogens is 2. The fourth-order valence-electron chi connectivity index (χ4n) is 3.21. The molecule has 2 aromatic heterocycles. The minimum Gasteiger partial charge on any atom is -0.277 e. The first-order valence-corrected chi connectivity index (χ1v) is 11.2. The van der Waals surface area contributed by atoms with E-state index in [2.05, 4.69) is 33.6 Å². The van der Waals surface area contributed by atoms with E-state index in [0.29, 0.717) is 16.6 Å². The molecule has 8 heteroatoms. The van der Waals surface area contributed by atoms with Gasteiger partial charge in [0, 0.05) is 9.90 Å². The van der Waals surface area contributed by atoms with E-state index in [9.17, 15) is 4.79 Å². The minimum atomic E-state index is -0.140. The number of hydrogen-bond donors (Lipinski definition) is 1. The first-order valence-electron chi connectivity index (χ1n) is 8.95. The Morgan fingerprint density at radius 2 is 1.86 bits per heavy atom. The number of hydrogen-bond acceptors (Lipinski definition) is 6. The van der Waals surface area contributed by atoms with Gasteiger partial charge in [0.05, 0.1) is 16.0 Å². The molecule has 4 aromatic rings. The maximum Gasteiger partial charge on any atom is 0.252 e. The Morgan fingerprint density at radius 1 is 1.07 bits per heavy atom. The highest BCUT2D eigenvalue weighted by Gasteiger charge is 2.34. The molecule has 3 heterocycles. The Bertz CT molecular complexity index is 1180. The van der Waals surface area contributed by atoms with Crippen molar-refractivity contribution in [1.29, 1.82) is 0 Å². The number of anilines is 1. The summed E-state index contributed by atoms with van der Waals surface area (Å²) in [6, 6.07) is 19.8. The Morgan fingerprint density at radius 3 is 2.66 bits per heavy atom. The maximum atomic E-state index is 12.6. The lowest BCUT2D eigenvalue weighted by Gasteiger charge is -2.25. The number of benzene rings is 2. The number of thioether (sulfide) groups is 1. The van der Waals surface area contributed by atoms with Crippen LogP contribution in [0.2, 0.25) is 5.02 Å². The summed E-state index contributed by atoms with van der Waals surface area (Å²) in [5, 5.41) is 2.18. The lowest BCUT2D eigenvalue weighted by Crippen LogP contribution is -2.34. The van der Waals surface area contributed by atoms with Gasteiger partial charge in [0.25, 0.3) is 5.91 Å². The monoisotopic (exact) mass is 438 g/mol. The third-order valence-corrected chi connectivity index (χ3v) is 7.26. The Kier molecular flexibility index (Phi) is 4.87. The number of fused-ring (bicyclic) bond motifs is 1. The number of amides is 1. The molecule has 2 aromatic carbocycles. The molecule has 0 radical (unpaired) electrons. The van der Waals surface area contributed by atoms with E-state index in [-0.39, 0.29) is 11.3 Å². The second-order valence-corrected chi connectivity index (χ2v) is 9.06. The summed E-state index contributed by atoms with van der Waals surface area (Å²) in [7, 11) is 0. The van der Waals surface area contributed by atoms with Crippen molar-refractivity contribution in [2.45, 2.75) is 5.37 Å². The summed E-state index contributed by atoms with van der Waals surface area (Å²) in [6.45, 7) is 0. The molecule has 1 fully saturated rings. The number of halogens is 1. The van der Waals surface area contributed by atoms with Gasteiger partial charge >= 0.3 is 0 Å². The van der Waals surface area contributed by atoms with Crippen LogP contribution in [0.5, 0.6) is 0 Å². The molecule has 0 aliphatic carbocycles. The van der Waals surface area contributed by atoms with E-state index < -0.39 is 0 Å². The summed E-state index contributed by atoms with van der Waals surface area (Å²) in [5.74, 6) is 1.06. The third-order valence-electron chi connectivity index (χ3n) is 4.62. The Hall–Kier alpha value is -2.61. The second kappa shape index (κ2) is 7.67. The molecular weight excluding hydrogens is 424 g/mol. The van der Waals surface area contributed by atoms with Crippen molar-refractivity contribution >= 4 is 56.6 Å². The number of nitrogens with one attached hydrogen (secondary N) is 1. The number of hydrazine groups is 1. The summed E-state index contributed by atoms with van der Waals surface area (Å²) in [4.78, 5) is 22.5. The van der Waals surface area contributed by atoms with E-state index in [0.717, 1.165) is 26.2 Å². The predicted molar refractivity (Wildman–Crippen MR) is 120 cm³/mol. The first-order chi connectivity index (χ1) is 14.2. The molecule has 5 nitrogen and oxygen atoms in total. The van der Waals surface area contributed by atoms with Crippen LogP contribution in [0, 0.1) is 0 Å². The molecule has 1 N–H and O–H groups in total. The third kappa shape index (κ3) is 3.57. The molecule has 1 aliphatic rings. The largest absolute Gasteiger partial charge is 0.277 e. The molecule has 1 atom stereocenters. The van der Waals surface area contributed by atoms with Crippen LogP contribution in [0.4, 0.5) is 5.82 Å². The highest BCUT2D eigenvalue weighted by atomic mass is 35.5. The molecule has 1 unspecified atom stereocenters. The lowest BCUT2D eigenvalue weighted by atomic mass is 10.2. The number of nitrogens with zero attached hydrogens (tertiary/aromatic N) is 3. The highest BCUT2D eigenvalue weighted by Crippen LogP contribution is 2.41. The number of carbonyl (C=O) groups is 1. The zero-order valence-electron chi connectivity index (χ0n) is 15.1. The summed E-state index contributed by atoms with van der Waals surface area (Å²) in [5.41, 5.74) is 6.25. The Balaban J connectivity index is 1.49. The van der Waals surface area contributed by atoms with Crippen molar-refractivity contribution in [2.24, 2.45) is 0 Å². The lowest BCUT2D eigenvalue weighted by molar-refractivity contribution is -0.126. The van der Waals surface area contributed by atoms with Gasteiger partial charge in [-0.1, -0.05) is 54.1 Å². The first kappa shape index (κ1) is 18.4. The molecule has 0 spiro atoms. The highest BCUT2D eigenvalue weighted by molar-refractivity contribution is 8.00. The Labute approximate surface area is 180 Å². The van der Waals surface area contributed by atoms with E-state index in [1.807, 2.05) is 42.5 Å². The van der Waals surface area contributed by atoms with Crippen molar-refractivity contribution in [2.75, 3.05) is 11.2 Å². The van der Waals surface area contributed by atoms with Crippen LogP contribution in [-0.4, -0.2) is 26.6 Å². The number of carbonyl (C=O) groups excluding carboxylic acids is 1. The van der Waals surface area contributed by atoms with Crippen molar-refractivity contribution in [1.82, 2.24) is 15.0 Å². The molecule has 0 saturated carbocycles. The number of thiophene rings is 1. The fraction of sp³-hybridized carbons (Fsp3) is 0.0952. The summed E-state index contributed by atoms with van der Waals surface area (Å²) < 4.78 is 0.922. The van der Waals surface area contributed by atoms with Gasteiger partial charge < -0.3 is 0 Å². The van der Waals surface area contributed by atoms with Gasteiger partial charge in [-0.2, -0.15) is 0 Å². The quantitative estimate of drug-likeness (QED) is 0.448. The van der Waals surface area contributed by atoms with Crippen molar-refractivity contribution in [3.63, 3.8) is 0 Å². The molecular formula is C21H15ClN4OS2. The van der Waals surface area contributed by atoms with Crippen molar-refractivity contribution in [3.05, 3.63) is 77.6 Å². The molecule has 29 heavy (non-hydrogen) atoms. The standard InChI is InChI=1S/C21H15ClN4OS2/c22-15-8-6-14(7-9-15)21-26(18(27)11-28-21)25-20-19-16(23-12-24-20)10-17(29-19)13-4-2-1-3-5-13/h1-10,12,21H,11H2,(H,23,24,25). The van der Waals surface area contributed by atoms with Gasteiger partial charge in [0.1, 0.15) is 11.7 Å². The van der Waals surface area contributed by atoms with Gasteiger partial charge in [-0.05, 0) is 29.3 Å². The van der Waals surface area contributed by atoms with Gasteiger partial charge in [-0.15, -0.1) is 23.1 Å². The molecule has 1 amide bonds. The van der Waals surface area contributed by atoms with Crippen LogP contribution in [-0.2, 0) is 4.79 Å². The second-order valence-electron chi connectivity index (χ2n) is 6.50. The predicted octanol–water partition coefficient (Wildman–Crippen LogP) is 5.61. The van der Waals surface area contributed by atoms with Crippen LogP contribution >= 0.6 is 34.7 Å². The average Bonchev–Trinajstić information content (AvgIpc) is 3.34. The van der Waals surface area contributed by atoms with Crippen LogP contribution in [0.25, 0.3) is 20.7 Å². The van der Waals surface area contributed by atoms with E-state index in [1.54, 1.807) is 28.1 Å². The van der Waals surface area contributed by atoms with Gasteiger partial charge in [0.15, 0.2) is 5.82 Å². The van der Waals surface area contributed by atoms with E-state index in [1.165, 1.54) is 6.33 Å². The molecule has 1 saturated heterocycles. The fourth-order valence-corrected chi connectivity index (χ4v) is 5.50. The van der Waals surface area contributed by atoms with E-state index >= 15 is 0 Å². The van der Waals surface area contributed by atoms with Crippen LogP contribution in [0.15, 0.2) is 67.0 Å². The van der Waals surface area contributed by atoms with Gasteiger partial charge in [-0.3, -0.25) is 10.2 Å². The summed E-state index contributed by atoms with van der Waals surface area (Å²) >= 11 is 9.20. The van der Waals surface area contributed by atoms with Crippen molar-refractivity contribution in [3.8, 4) is 10.4 Å². The topological polar surface area (TPSA) is 58.1 Å². The maximum absolute atomic E-state index is 12.6. The molecule has 144 valence electrons. The zero-order valence-corrected chi connectivity index (χ0v) is 17.5. The number of rotatable bonds is 4. The van der Waals surface area contributed by atoms with Crippen LogP contribution < -0.4 is 5.43 Å². The average molecular weight is 439 g/mol. The minimum absolute atomic E-state index is 0.0153. The van der Waals surface area contributed by atoms with E-state index in [4.69, 9.17) is 11.6 Å². The summed E-state index contributed by atoms with van der Waals surface area (Å²) in [6.07, 6.45) is 1.52. The van der Waals surface area contributed by atoms with Crippen LogP contribution in [0.1, 0.15) is 10.9 Å². The van der Waals surface area contributed by atoms with Crippen LogP contribution in [0.3, 0.4) is 0 Å². The van der Waals surface area contributed by atoms with Gasteiger partial charge in [0.2, 0.25) is 0 Å². The SMILES string of the molecule is O=C1CSC(c2ccc(Cl)cc2)N1Nc1ncnc2cc(-c3ccccc3)sc12. The smallest absolute Gasteiger partial charge is 0.252 e. The molecule has 1 aliphatic heterocycles.